The standard InChI is InChI=1S/C14H20ClNO/c1-10-5-11(2)7-13(6-10)17-9-12-3-4-14(15)16-8-12/h3-4,8,10-11,13H,5-7,9H2,1-2H3. The summed E-state index contributed by atoms with van der Waals surface area (Å²) >= 11 is 5.75. The summed E-state index contributed by atoms with van der Waals surface area (Å²) in [5.74, 6) is 1.57. The van der Waals surface area contributed by atoms with Gasteiger partial charge in [0.25, 0.3) is 0 Å². The van der Waals surface area contributed by atoms with Crippen molar-refractivity contribution in [2.75, 3.05) is 0 Å². The van der Waals surface area contributed by atoms with Crippen LogP contribution in [0.4, 0.5) is 0 Å². The van der Waals surface area contributed by atoms with Gasteiger partial charge in [0.15, 0.2) is 0 Å². The lowest BCUT2D eigenvalue weighted by molar-refractivity contribution is -0.00924. The molecule has 94 valence electrons. The minimum atomic E-state index is 0.407. The maximum absolute atomic E-state index is 5.97. The Morgan fingerprint density at radius 1 is 1.24 bits per heavy atom. The molecule has 1 saturated carbocycles. The number of hydrogen-bond donors (Lipinski definition) is 0. The molecule has 0 aliphatic heterocycles. The van der Waals surface area contributed by atoms with E-state index in [1.807, 2.05) is 12.1 Å². The lowest BCUT2D eigenvalue weighted by Gasteiger charge is -2.31. The van der Waals surface area contributed by atoms with Gasteiger partial charge in [-0.1, -0.05) is 31.5 Å². The van der Waals surface area contributed by atoms with Gasteiger partial charge in [0.05, 0.1) is 12.7 Å². The summed E-state index contributed by atoms with van der Waals surface area (Å²) in [5, 5.41) is 0.536. The fourth-order valence-corrected chi connectivity index (χ4v) is 2.83. The van der Waals surface area contributed by atoms with Crippen molar-refractivity contribution < 1.29 is 4.74 Å². The normalized spacial score (nSPS) is 29.2. The van der Waals surface area contributed by atoms with Gasteiger partial charge in [-0.15, -0.1) is 0 Å². The van der Waals surface area contributed by atoms with Gasteiger partial charge in [-0.05, 0) is 42.7 Å². The minimum absolute atomic E-state index is 0.407. The van der Waals surface area contributed by atoms with Crippen molar-refractivity contribution in [1.29, 1.82) is 0 Å². The molecule has 1 aromatic heterocycles. The van der Waals surface area contributed by atoms with Crippen molar-refractivity contribution >= 4 is 11.6 Å². The van der Waals surface area contributed by atoms with Crippen LogP contribution in [0, 0.1) is 11.8 Å². The Bertz CT molecular complexity index is 342. The molecule has 0 aromatic carbocycles. The number of hydrogen-bond acceptors (Lipinski definition) is 2. The smallest absolute Gasteiger partial charge is 0.129 e. The van der Waals surface area contributed by atoms with Crippen LogP contribution >= 0.6 is 11.6 Å². The van der Waals surface area contributed by atoms with Crippen LogP contribution in [0.3, 0.4) is 0 Å². The van der Waals surface area contributed by atoms with Crippen LogP contribution in [0.2, 0.25) is 5.15 Å². The molecule has 0 amide bonds. The Hall–Kier alpha value is -0.600. The highest BCUT2D eigenvalue weighted by Gasteiger charge is 2.24. The summed E-state index contributed by atoms with van der Waals surface area (Å²) in [7, 11) is 0. The molecule has 0 spiro atoms. The molecule has 0 radical (unpaired) electrons. The topological polar surface area (TPSA) is 22.1 Å². The third-order valence-corrected chi connectivity index (χ3v) is 3.63. The Morgan fingerprint density at radius 3 is 2.53 bits per heavy atom. The van der Waals surface area contributed by atoms with E-state index in [9.17, 15) is 0 Å². The maximum Gasteiger partial charge on any atom is 0.129 e. The fraction of sp³-hybridized carbons (Fsp3) is 0.643. The Balaban J connectivity index is 1.83. The molecule has 0 bridgehead atoms. The van der Waals surface area contributed by atoms with E-state index in [1.54, 1.807) is 6.20 Å². The monoisotopic (exact) mass is 253 g/mol. The van der Waals surface area contributed by atoms with E-state index in [-0.39, 0.29) is 0 Å². The number of halogens is 1. The van der Waals surface area contributed by atoms with Gasteiger partial charge >= 0.3 is 0 Å². The highest BCUT2D eigenvalue weighted by atomic mass is 35.5. The van der Waals surface area contributed by atoms with Gasteiger partial charge in [-0.25, -0.2) is 4.98 Å². The predicted octanol–water partition coefficient (Wildman–Crippen LogP) is 4.08. The molecule has 2 nitrogen and oxygen atoms in total. The zero-order chi connectivity index (χ0) is 12.3. The van der Waals surface area contributed by atoms with Crippen LogP contribution in [0.1, 0.15) is 38.7 Å². The summed E-state index contributed by atoms with van der Waals surface area (Å²) in [6.07, 6.45) is 5.90. The van der Waals surface area contributed by atoms with Crippen LogP contribution in [-0.2, 0) is 11.3 Å². The first kappa shape index (κ1) is 12.8. The van der Waals surface area contributed by atoms with Crippen molar-refractivity contribution in [1.82, 2.24) is 4.98 Å². The lowest BCUT2D eigenvalue weighted by Crippen LogP contribution is -2.26. The van der Waals surface area contributed by atoms with Gasteiger partial charge in [-0.3, -0.25) is 0 Å². The molecule has 0 N–H and O–H groups in total. The van der Waals surface area contributed by atoms with Crippen LogP contribution in [-0.4, -0.2) is 11.1 Å². The molecule has 0 saturated heterocycles. The van der Waals surface area contributed by atoms with Crippen molar-refractivity contribution in [3.63, 3.8) is 0 Å². The molecule has 3 heteroatoms. The summed E-state index contributed by atoms with van der Waals surface area (Å²) in [6.45, 7) is 5.28. The Morgan fingerprint density at radius 2 is 1.94 bits per heavy atom. The highest BCUT2D eigenvalue weighted by molar-refractivity contribution is 6.29. The number of ether oxygens (including phenoxy) is 1. The van der Waals surface area contributed by atoms with E-state index >= 15 is 0 Å². The molecule has 1 heterocycles. The highest BCUT2D eigenvalue weighted by Crippen LogP contribution is 2.30. The summed E-state index contributed by atoms with van der Waals surface area (Å²) < 4.78 is 5.97. The third kappa shape index (κ3) is 3.97. The summed E-state index contributed by atoms with van der Waals surface area (Å²) in [5.41, 5.74) is 1.10. The van der Waals surface area contributed by atoms with Gasteiger partial charge in [0.1, 0.15) is 5.15 Å². The summed E-state index contributed by atoms with van der Waals surface area (Å²) in [4.78, 5) is 4.06. The Labute approximate surface area is 108 Å². The van der Waals surface area contributed by atoms with E-state index in [2.05, 4.69) is 18.8 Å². The number of nitrogens with zero attached hydrogens (tertiary/aromatic N) is 1. The van der Waals surface area contributed by atoms with Crippen LogP contribution in [0.25, 0.3) is 0 Å². The largest absolute Gasteiger partial charge is 0.373 e. The van der Waals surface area contributed by atoms with Crippen LogP contribution in [0.5, 0.6) is 0 Å². The molecule has 2 atom stereocenters. The minimum Gasteiger partial charge on any atom is -0.373 e. The molecule has 2 rings (SSSR count). The fourth-order valence-electron chi connectivity index (χ4n) is 2.72. The zero-order valence-corrected chi connectivity index (χ0v) is 11.3. The quantitative estimate of drug-likeness (QED) is 0.758. The molecule has 2 unspecified atom stereocenters. The summed E-state index contributed by atoms with van der Waals surface area (Å²) in [6, 6.07) is 3.79. The molecule has 1 fully saturated rings. The van der Waals surface area contributed by atoms with Crippen molar-refractivity contribution in [2.24, 2.45) is 11.8 Å². The van der Waals surface area contributed by atoms with Gasteiger partial charge in [-0.2, -0.15) is 0 Å². The number of pyridine rings is 1. The Kier molecular flexibility index (Phi) is 4.41. The third-order valence-electron chi connectivity index (χ3n) is 3.41. The first-order chi connectivity index (χ1) is 8.13. The van der Waals surface area contributed by atoms with E-state index in [1.165, 1.54) is 19.3 Å². The number of aromatic nitrogens is 1. The van der Waals surface area contributed by atoms with Crippen molar-refractivity contribution in [2.45, 2.75) is 45.8 Å². The second-order valence-corrected chi connectivity index (χ2v) is 5.73. The van der Waals surface area contributed by atoms with Crippen LogP contribution in [0.15, 0.2) is 18.3 Å². The molecular weight excluding hydrogens is 234 g/mol. The lowest BCUT2D eigenvalue weighted by atomic mass is 9.82. The van der Waals surface area contributed by atoms with E-state index in [4.69, 9.17) is 16.3 Å². The average molecular weight is 254 g/mol. The molecule has 1 aliphatic rings. The second kappa shape index (κ2) is 5.83. The first-order valence-electron chi connectivity index (χ1n) is 6.35. The maximum atomic E-state index is 5.97. The predicted molar refractivity (Wildman–Crippen MR) is 70.0 cm³/mol. The second-order valence-electron chi connectivity index (χ2n) is 5.34. The first-order valence-corrected chi connectivity index (χ1v) is 6.73. The van der Waals surface area contributed by atoms with E-state index < -0.39 is 0 Å². The SMILES string of the molecule is CC1CC(C)CC(OCc2ccc(Cl)nc2)C1. The molecule has 1 aromatic rings. The van der Waals surface area contributed by atoms with Crippen LogP contribution < -0.4 is 0 Å². The molecular formula is C14H20ClNO. The van der Waals surface area contributed by atoms with Gasteiger partial charge in [0, 0.05) is 6.20 Å². The van der Waals surface area contributed by atoms with Crippen molar-refractivity contribution in [3.05, 3.63) is 29.0 Å². The average Bonchev–Trinajstić information content (AvgIpc) is 2.27. The van der Waals surface area contributed by atoms with Crippen molar-refractivity contribution in [3.8, 4) is 0 Å². The zero-order valence-electron chi connectivity index (χ0n) is 10.5. The molecule has 1 aliphatic carbocycles. The number of rotatable bonds is 3. The van der Waals surface area contributed by atoms with Gasteiger partial charge < -0.3 is 4.74 Å². The molecule has 17 heavy (non-hydrogen) atoms. The van der Waals surface area contributed by atoms with E-state index in [0.717, 1.165) is 17.4 Å². The van der Waals surface area contributed by atoms with E-state index in [0.29, 0.717) is 17.9 Å². The van der Waals surface area contributed by atoms with Gasteiger partial charge in [0.2, 0.25) is 0 Å².